The summed E-state index contributed by atoms with van der Waals surface area (Å²) in [6, 6.07) is 4.38. The van der Waals surface area contributed by atoms with E-state index in [4.69, 9.17) is 14.2 Å². The first-order valence-electron chi connectivity index (χ1n) is 10.1. The third-order valence-corrected chi connectivity index (χ3v) is 5.85. The van der Waals surface area contributed by atoms with Crippen molar-refractivity contribution in [2.75, 3.05) is 13.2 Å². The number of nitrogens with zero attached hydrogens (tertiary/aromatic N) is 6. The van der Waals surface area contributed by atoms with Crippen LogP contribution in [-0.4, -0.2) is 43.3 Å². The monoisotopic (exact) mass is 380 g/mol. The summed E-state index contributed by atoms with van der Waals surface area (Å²) in [4.78, 5) is 9.16. The molecule has 0 amide bonds. The zero-order valence-electron chi connectivity index (χ0n) is 16.0. The summed E-state index contributed by atoms with van der Waals surface area (Å²) in [6.07, 6.45) is 7.32. The standard InChI is InChI=1S/C20H24N6O2/c1-2-13-4-3-9-21-18(13)19-22-20(28-24-19)14-5-6-16-17(12-14)26(25-23-16)15-7-10-27-11-8-15/h3-4,9,14-15H,2,5-8,10-12H2,1H3. The van der Waals surface area contributed by atoms with Gasteiger partial charge in [0.2, 0.25) is 11.7 Å². The lowest BCUT2D eigenvalue weighted by Crippen LogP contribution is -2.24. The number of hydrogen-bond donors (Lipinski definition) is 0. The smallest absolute Gasteiger partial charge is 0.230 e. The summed E-state index contributed by atoms with van der Waals surface area (Å²) >= 11 is 0. The maximum Gasteiger partial charge on any atom is 0.230 e. The van der Waals surface area contributed by atoms with Crippen molar-refractivity contribution < 1.29 is 9.26 Å². The number of aromatic nitrogens is 6. The number of rotatable bonds is 4. The Morgan fingerprint density at radius 2 is 2.11 bits per heavy atom. The Morgan fingerprint density at radius 3 is 2.96 bits per heavy atom. The van der Waals surface area contributed by atoms with Crippen molar-refractivity contribution in [1.82, 2.24) is 30.1 Å². The molecule has 0 spiro atoms. The lowest BCUT2D eigenvalue weighted by atomic mass is 9.89. The Hall–Kier alpha value is -2.61. The van der Waals surface area contributed by atoms with E-state index in [1.165, 1.54) is 5.69 Å². The average molecular weight is 380 g/mol. The van der Waals surface area contributed by atoms with Gasteiger partial charge in [0.15, 0.2) is 0 Å². The van der Waals surface area contributed by atoms with Crippen LogP contribution in [0.4, 0.5) is 0 Å². The Morgan fingerprint density at radius 1 is 1.21 bits per heavy atom. The van der Waals surface area contributed by atoms with Gasteiger partial charge in [0.05, 0.1) is 17.4 Å². The van der Waals surface area contributed by atoms with E-state index in [0.717, 1.165) is 68.7 Å². The molecule has 1 saturated heterocycles. The average Bonchev–Trinajstić information content (AvgIpc) is 3.41. The van der Waals surface area contributed by atoms with Crippen LogP contribution in [0.15, 0.2) is 22.9 Å². The van der Waals surface area contributed by atoms with Crippen molar-refractivity contribution in [3.63, 3.8) is 0 Å². The topological polar surface area (TPSA) is 91.8 Å². The lowest BCUT2D eigenvalue weighted by molar-refractivity contribution is 0.0647. The van der Waals surface area contributed by atoms with Gasteiger partial charge in [0.1, 0.15) is 5.69 Å². The van der Waals surface area contributed by atoms with Gasteiger partial charge in [0, 0.05) is 31.7 Å². The van der Waals surface area contributed by atoms with E-state index in [0.29, 0.717) is 17.8 Å². The molecule has 8 heteroatoms. The highest BCUT2D eigenvalue weighted by atomic mass is 16.5. The molecule has 1 atom stereocenters. The SMILES string of the molecule is CCc1cccnc1-c1noc(C2CCc3nnn(C4CCOCC4)c3C2)n1. The molecule has 1 unspecified atom stereocenters. The van der Waals surface area contributed by atoms with Gasteiger partial charge >= 0.3 is 0 Å². The van der Waals surface area contributed by atoms with E-state index in [9.17, 15) is 0 Å². The van der Waals surface area contributed by atoms with Crippen molar-refractivity contribution in [2.24, 2.45) is 0 Å². The van der Waals surface area contributed by atoms with E-state index in [1.54, 1.807) is 6.20 Å². The van der Waals surface area contributed by atoms with Crippen molar-refractivity contribution >= 4 is 0 Å². The summed E-state index contributed by atoms with van der Waals surface area (Å²) in [5, 5.41) is 13.1. The first-order chi connectivity index (χ1) is 13.8. The number of pyridine rings is 1. The zero-order valence-corrected chi connectivity index (χ0v) is 16.0. The largest absolute Gasteiger partial charge is 0.381 e. The van der Waals surface area contributed by atoms with Crippen LogP contribution in [0.2, 0.25) is 0 Å². The normalized spacial score (nSPS) is 20.2. The molecule has 0 N–H and O–H groups in total. The summed E-state index contributed by atoms with van der Waals surface area (Å²) < 4.78 is 13.3. The predicted octanol–water partition coefficient (Wildman–Crippen LogP) is 2.91. The first-order valence-corrected chi connectivity index (χ1v) is 10.1. The summed E-state index contributed by atoms with van der Waals surface area (Å²) in [5.74, 6) is 1.46. The minimum Gasteiger partial charge on any atom is -0.381 e. The summed E-state index contributed by atoms with van der Waals surface area (Å²) in [6.45, 7) is 3.69. The second-order valence-corrected chi connectivity index (χ2v) is 7.53. The van der Waals surface area contributed by atoms with Gasteiger partial charge in [-0.3, -0.25) is 4.98 Å². The zero-order chi connectivity index (χ0) is 18.9. The lowest BCUT2D eigenvalue weighted by Gasteiger charge is -2.26. The molecular formula is C20H24N6O2. The maximum absolute atomic E-state index is 5.66. The van der Waals surface area contributed by atoms with Crippen molar-refractivity contribution in [2.45, 2.75) is 57.4 Å². The minimum atomic E-state index is 0.194. The molecule has 4 heterocycles. The molecule has 1 fully saturated rings. The van der Waals surface area contributed by atoms with Crippen LogP contribution in [-0.2, 0) is 24.0 Å². The fraction of sp³-hybridized carbons (Fsp3) is 0.550. The van der Waals surface area contributed by atoms with Gasteiger partial charge in [-0.05, 0) is 43.7 Å². The van der Waals surface area contributed by atoms with Crippen LogP contribution in [0.3, 0.4) is 0 Å². The Labute approximate surface area is 163 Å². The molecule has 0 bridgehead atoms. The number of aryl methyl sites for hydroxylation is 2. The molecule has 0 saturated carbocycles. The Balaban J connectivity index is 1.40. The summed E-state index contributed by atoms with van der Waals surface area (Å²) in [5.41, 5.74) is 4.27. The van der Waals surface area contributed by atoms with Gasteiger partial charge in [-0.1, -0.05) is 23.4 Å². The highest BCUT2D eigenvalue weighted by Gasteiger charge is 2.31. The fourth-order valence-corrected chi connectivity index (χ4v) is 4.25. The van der Waals surface area contributed by atoms with E-state index in [2.05, 4.69) is 38.1 Å². The second-order valence-electron chi connectivity index (χ2n) is 7.53. The van der Waals surface area contributed by atoms with Crippen molar-refractivity contribution in [3.05, 3.63) is 41.2 Å². The van der Waals surface area contributed by atoms with E-state index in [1.807, 2.05) is 6.07 Å². The number of ether oxygens (including phenoxy) is 1. The fourth-order valence-electron chi connectivity index (χ4n) is 4.25. The van der Waals surface area contributed by atoms with Crippen LogP contribution in [0, 0.1) is 0 Å². The Bertz CT molecular complexity index is 959. The van der Waals surface area contributed by atoms with Crippen LogP contribution in [0.25, 0.3) is 11.5 Å². The van der Waals surface area contributed by atoms with Crippen LogP contribution >= 0.6 is 0 Å². The Kier molecular flexibility index (Phi) is 4.64. The molecule has 5 rings (SSSR count). The van der Waals surface area contributed by atoms with Crippen molar-refractivity contribution in [1.29, 1.82) is 0 Å². The highest BCUT2D eigenvalue weighted by Crippen LogP contribution is 2.34. The number of fused-ring (bicyclic) bond motifs is 1. The maximum atomic E-state index is 5.66. The van der Waals surface area contributed by atoms with E-state index in [-0.39, 0.29) is 5.92 Å². The van der Waals surface area contributed by atoms with Gasteiger partial charge in [-0.25, -0.2) is 4.68 Å². The first kappa shape index (κ1) is 17.5. The molecular weight excluding hydrogens is 356 g/mol. The third kappa shape index (κ3) is 3.11. The molecule has 146 valence electrons. The highest BCUT2D eigenvalue weighted by molar-refractivity contribution is 5.53. The molecule has 0 aromatic carbocycles. The van der Waals surface area contributed by atoms with Crippen LogP contribution < -0.4 is 0 Å². The van der Waals surface area contributed by atoms with E-state index >= 15 is 0 Å². The third-order valence-electron chi connectivity index (χ3n) is 5.85. The van der Waals surface area contributed by atoms with Crippen molar-refractivity contribution in [3.8, 4) is 11.5 Å². The van der Waals surface area contributed by atoms with Crippen LogP contribution in [0.1, 0.15) is 61.0 Å². The van der Waals surface area contributed by atoms with Gasteiger partial charge in [-0.2, -0.15) is 4.98 Å². The minimum absolute atomic E-state index is 0.194. The predicted molar refractivity (Wildman–Crippen MR) is 101 cm³/mol. The van der Waals surface area contributed by atoms with E-state index < -0.39 is 0 Å². The van der Waals surface area contributed by atoms with Gasteiger partial charge < -0.3 is 9.26 Å². The quantitative estimate of drug-likeness (QED) is 0.687. The molecule has 3 aromatic heterocycles. The number of hydrogen-bond acceptors (Lipinski definition) is 7. The molecule has 8 nitrogen and oxygen atoms in total. The van der Waals surface area contributed by atoms with Gasteiger partial charge in [0.25, 0.3) is 0 Å². The molecule has 0 radical (unpaired) electrons. The molecule has 1 aliphatic heterocycles. The van der Waals surface area contributed by atoms with Crippen LogP contribution in [0.5, 0.6) is 0 Å². The molecule has 1 aliphatic carbocycles. The molecule has 2 aliphatic rings. The second kappa shape index (κ2) is 7.43. The molecule has 28 heavy (non-hydrogen) atoms. The van der Waals surface area contributed by atoms with Gasteiger partial charge in [-0.15, -0.1) is 5.10 Å². The molecule has 3 aromatic rings. The summed E-state index contributed by atoms with van der Waals surface area (Å²) in [7, 11) is 0.